The lowest BCUT2D eigenvalue weighted by Gasteiger charge is -2.21. The van der Waals surface area contributed by atoms with E-state index >= 15 is 0 Å². The highest BCUT2D eigenvalue weighted by Crippen LogP contribution is 2.09. The molecule has 0 amide bonds. The molecule has 0 aromatic carbocycles. The van der Waals surface area contributed by atoms with E-state index in [1.54, 1.807) is 0 Å². The van der Waals surface area contributed by atoms with Gasteiger partial charge in [0.05, 0.1) is 6.42 Å². The smallest absolute Gasteiger partial charge is 0.307 e. The van der Waals surface area contributed by atoms with Crippen molar-refractivity contribution in [3.8, 4) is 0 Å². The summed E-state index contributed by atoms with van der Waals surface area (Å²) in [5.41, 5.74) is -0.387. The normalized spacial score (nSPS) is 14.1. The Morgan fingerprint density at radius 1 is 1.44 bits per heavy atom. The SMILES string of the molecule is C/C=C/CCNC(C)CC(=O)OC(C)(C)C. The molecule has 1 atom stereocenters. The van der Waals surface area contributed by atoms with Crippen LogP contribution in [0.25, 0.3) is 0 Å². The van der Waals surface area contributed by atoms with Crippen LogP contribution < -0.4 is 5.32 Å². The zero-order chi connectivity index (χ0) is 12.6. The summed E-state index contributed by atoms with van der Waals surface area (Å²) < 4.78 is 5.24. The van der Waals surface area contributed by atoms with Gasteiger partial charge in [0.15, 0.2) is 0 Å². The first-order valence-corrected chi connectivity index (χ1v) is 5.91. The van der Waals surface area contributed by atoms with E-state index in [1.165, 1.54) is 0 Å². The minimum absolute atomic E-state index is 0.140. The molecular weight excluding hydrogens is 202 g/mol. The number of hydrogen-bond acceptors (Lipinski definition) is 3. The lowest BCUT2D eigenvalue weighted by atomic mass is 10.2. The summed E-state index contributed by atoms with van der Waals surface area (Å²) in [5.74, 6) is -0.140. The minimum atomic E-state index is -0.387. The number of ether oxygens (including phenoxy) is 1. The summed E-state index contributed by atoms with van der Waals surface area (Å²) in [6.07, 6.45) is 5.55. The third kappa shape index (κ3) is 9.71. The van der Waals surface area contributed by atoms with Gasteiger partial charge >= 0.3 is 5.97 Å². The van der Waals surface area contributed by atoms with Crippen molar-refractivity contribution in [2.75, 3.05) is 6.54 Å². The van der Waals surface area contributed by atoms with E-state index in [4.69, 9.17) is 4.74 Å². The predicted octanol–water partition coefficient (Wildman–Crippen LogP) is 2.66. The molecule has 0 saturated heterocycles. The molecule has 0 heterocycles. The van der Waals surface area contributed by atoms with Gasteiger partial charge in [-0.2, -0.15) is 0 Å². The fourth-order valence-electron chi connectivity index (χ4n) is 1.29. The number of esters is 1. The second-order valence-electron chi connectivity index (χ2n) is 5.00. The van der Waals surface area contributed by atoms with Crippen LogP contribution in [-0.2, 0) is 9.53 Å². The zero-order valence-electron chi connectivity index (χ0n) is 11.2. The fourth-order valence-corrected chi connectivity index (χ4v) is 1.29. The second kappa shape index (κ2) is 7.44. The van der Waals surface area contributed by atoms with Crippen LogP contribution in [0.4, 0.5) is 0 Å². The quantitative estimate of drug-likeness (QED) is 0.431. The fraction of sp³-hybridized carbons (Fsp3) is 0.769. The van der Waals surface area contributed by atoms with E-state index in [2.05, 4.69) is 11.4 Å². The number of rotatable bonds is 6. The third-order valence-electron chi connectivity index (χ3n) is 1.93. The van der Waals surface area contributed by atoms with Crippen molar-refractivity contribution in [2.45, 2.75) is 59.1 Å². The van der Waals surface area contributed by atoms with E-state index in [0.717, 1.165) is 13.0 Å². The summed E-state index contributed by atoms with van der Waals surface area (Å²) >= 11 is 0. The maximum atomic E-state index is 11.5. The molecule has 1 unspecified atom stereocenters. The molecule has 0 aromatic rings. The van der Waals surface area contributed by atoms with E-state index in [9.17, 15) is 4.79 Å². The molecule has 0 aliphatic carbocycles. The molecule has 0 spiro atoms. The van der Waals surface area contributed by atoms with Crippen LogP contribution >= 0.6 is 0 Å². The van der Waals surface area contributed by atoms with Crippen LogP contribution in [0.5, 0.6) is 0 Å². The standard InChI is InChI=1S/C13H25NO2/c1-6-7-8-9-14-11(2)10-12(15)16-13(3,4)5/h6-7,11,14H,8-10H2,1-5H3/b7-6+. The van der Waals surface area contributed by atoms with Gasteiger partial charge in [-0.15, -0.1) is 0 Å². The maximum Gasteiger partial charge on any atom is 0.307 e. The van der Waals surface area contributed by atoms with Gasteiger partial charge < -0.3 is 10.1 Å². The summed E-state index contributed by atoms with van der Waals surface area (Å²) in [6, 6.07) is 0.167. The highest BCUT2D eigenvalue weighted by Gasteiger charge is 2.17. The Bertz CT molecular complexity index is 229. The maximum absolute atomic E-state index is 11.5. The lowest BCUT2D eigenvalue weighted by Crippen LogP contribution is -2.32. The molecule has 3 heteroatoms. The zero-order valence-corrected chi connectivity index (χ0v) is 11.2. The van der Waals surface area contributed by atoms with E-state index in [-0.39, 0.29) is 17.6 Å². The van der Waals surface area contributed by atoms with Crippen LogP contribution in [0.1, 0.15) is 47.5 Å². The summed E-state index contributed by atoms with van der Waals surface area (Å²) in [6.45, 7) is 10.6. The summed E-state index contributed by atoms with van der Waals surface area (Å²) in [4.78, 5) is 11.5. The lowest BCUT2D eigenvalue weighted by molar-refractivity contribution is -0.155. The Hall–Kier alpha value is -0.830. The second-order valence-corrected chi connectivity index (χ2v) is 5.00. The molecule has 94 valence electrons. The Kier molecular flexibility index (Phi) is 7.06. The van der Waals surface area contributed by atoms with Gasteiger partial charge in [-0.1, -0.05) is 12.2 Å². The first kappa shape index (κ1) is 15.2. The Labute approximate surface area is 99.3 Å². The molecule has 1 N–H and O–H groups in total. The van der Waals surface area contributed by atoms with Gasteiger partial charge in [-0.05, 0) is 47.6 Å². The van der Waals surface area contributed by atoms with Gasteiger partial charge in [-0.25, -0.2) is 0 Å². The highest BCUT2D eigenvalue weighted by atomic mass is 16.6. The van der Waals surface area contributed by atoms with Gasteiger partial charge in [0.2, 0.25) is 0 Å². The molecule has 0 aliphatic heterocycles. The molecule has 3 nitrogen and oxygen atoms in total. The first-order valence-electron chi connectivity index (χ1n) is 5.91. The number of carbonyl (C=O) groups is 1. The van der Waals surface area contributed by atoms with Crippen molar-refractivity contribution >= 4 is 5.97 Å². The molecule has 0 aromatic heterocycles. The van der Waals surface area contributed by atoms with E-state index in [1.807, 2.05) is 40.7 Å². The van der Waals surface area contributed by atoms with Crippen molar-refractivity contribution in [1.29, 1.82) is 0 Å². The van der Waals surface area contributed by atoms with Crippen LogP contribution in [-0.4, -0.2) is 24.2 Å². The minimum Gasteiger partial charge on any atom is -0.460 e. The van der Waals surface area contributed by atoms with Crippen LogP contribution in [0.3, 0.4) is 0 Å². The van der Waals surface area contributed by atoms with Crippen LogP contribution in [0.2, 0.25) is 0 Å². The van der Waals surface area contributed by atoms with Crippen molar-refractivity contribution in [2.24, 2.45) is 0 Å². The van der Waals surface area contributed by atoms with Crippen molar-refractivity contribution in [1.82, 2.24) is 5.32 Å². The Balaban J connectivity index is 3.70. The monoisotopic (exact) mass is 227 g/mol. The molecule has 0 rings (SSSR count). The van der Waals surface area contributed by atoms with Crippen molar-refractivity contribution < 1.29 is 9.53 Å². The number of allylic oxidation sites excluding steroid dienone is 1. The topological polar surface area (TPSA) is 38.3 Å². The number of carbonyl (C=O) groups excluding carboxylic acids is 1. The third-order valence-corrected chi connectivity index (χ3v) is 1.93. The molecule has 0 saturated carbocycles. The molecule has 0 fully saturated rings. The van der Waals surface area contributed by atoms with Crippen molar-refractivity contribution in [3.63, 3.8) is 0 Å². The summed E-state index contributed by atoms with van der Waals surface area (Å²) in [5, 5.41) is 3.28. The summed E-state index contributed by atoms with van der Waals surface area (Å²) in [7, 11) is 0. The highest BCUT2D eigenvalue weighted by molar-refractivity contribution is 5.70. The Morgan fingerprint density at radius 2 is 2.06 bits per heavy atom. The molecule has 16 heavy (non-hydrogen) atoms. The number of nitrogens with one attached hydrogen (secondary N) is 1. The molecule has 0 aliphatic rings. The molecular formula is C13H25NO2. The van der Waals surface area contributed by atoms with Gasteiger partial charge in [0, 0.05) is 6.04 Å². The first-order chi connectivity index (χ1) is 7.35. The predicted molar refractivity (Wildman–Crippen MR) is 67.4 cm³/mol. The average molecular weight is 227 g/mol. The number of hydrogen-bond donors (Lipinski definition) is 1. The average Bonchev–Trinajstić information content (AvgIpc) is 2.09. The van der Waals surface area contributed by atoms with E-state index < -0.39 is 0 Å². The van der Waals surface area contributed by atoms with Gasteiger partial charge in [-0.3, -0.25) is 4.79 Å². The van der Waals surface area contributed by atoms with Crippen LogP contribution in [0, 0.1) is 0 Å². The van der Waals surface area contributed by atoms with Crippen molar-refractivity contribution in [3.05, 3.63) is 12.2 Å². The van der Waals surface area contributed by atoms with E-state index in [0.29, 0.717) is 6.42 Å². The Morgan fingerprint density at radius 3 is 2.56 bits per heavy atom. The van der Waals surface area contributed by atoms with Gasteiger partial charge in [0.25, 0.3) is 0 Å². The van der Waals surface area contributed by atoms with Gasteiger partial charge in [0.1, 0.15) is 5.60 Å². The molecule has 0 radical (unpaired) electrons. The largest absolute Gasteiger partial charge is 0.460 e. The van der Waals surface area contributed by atoms with Crippen LogP contribution in [0.15, 0.2) is 12.2 Å². The molecule has 0 bridgehead atoms.